The Morgan fingerprint density at radius 1 is 1.27 bits per heavy atom. The molecule has 0 aromatic rings. The van der Waals surface area contributed by atoms with E-state index in [0.717, 1.165) is 6.42 Å². The summed E-state index contributed by atoms with van der Waals surface area (Å²) in [5.74, 6) is -0.348. The summed E-state index contributed by atoms with van der Waals surface area (Å²) in [5.41, 5.74) is 0. The summed E-state index contributed by atoms with van der Waals surface area (Å²) < 4.78 is 0. The summed E-state index contributed by atoms with van der Waals surface area (Å²) in [6, 6.07) is 0.0185. The zero-order valence-electron chi connectivity index (χ0n) is 7.55. The maximum Gasteiger partial charge on any atom is 0.226 e. The third-order valence-corrected chi connectivity index (χ3v) is 1.71. The summed E-state index contributed by atoms with van der Waals surface area (Å²) in [6.07, 6.45) is 0.805. The number of carbonyl (C=O) groups excluding carboxylic acids is 2. The molecule has 0 aliphatic carbocycles. The van der Waals surface area contributed by atoms with E-state index in [9.17, 15) is 9.59 Å². The van der Waals surface area contributed by atoms with Gasteiger partial charge in [-0.15, -0.1) is 0 Å². The van der Waals surface area contributed by atoms with E-state index in [0.29, 0.717) is 0 Å². The number of hydrogen-bond donors (Lipinski definition) is 0. The van der Waals surface area contributed by atoms with Gasteiger partial charge in [-0.1, -0.05) is 6.92 Å². The van der Waals surface area contributed by atoms with Crippen LogP contribution in [0.1, 0.15) is 34.1 Å². The van der Waals surface area contributed by atoms with Crippen LogP contribution in [-0.2, 0) is 9.59 Å². The van der Waals surface area contributed by atoms with Crippen LogP contribution in [0.15, 0.2) is 0 Å². The molecule has 0 bridgehead atoms. The minimum atomic E-state index is -0.174. The van der Waals surface area contributed by atoms with Crippen LogP contribution >= 0.6 is 0 Å². The van der Waals surface area contributed by atoms with Crippen LogP contribution in [0.25, 0.3) is 0 Å². The van der Waals surface area contributed by atoms with Gasteiger partial charge in [0, 0.05) is 19.9 Å². The maximum absolute atomic E-state index is 10.9. The van der Waals surface area contributed by atoms with Gasteiger partial charge in [0.25, 0.3) is 0 Å². The first-order valence-electron chi connectivity index (χ1n) is 3.81. The molecule has 0 N–H and O–H groups in total. The molecule has 0 saturated heterocycles. The molecule has 0 aromatic heterocycles. The van der Waals surface area contributed by atoms with E-state index >= 15 is 0 Å². The summed E-state index contributed by atoms with van der Waals surface area (Å²) in [5, 5.41) is 0. The van der Waals surface area contributed by atoms with Crippen molar-refractivity contribution in [2.24, 2.45) is 0 Å². The molecule has 0 saturated carbocycles. The number of nitrogens with zero attached hydrogens (tertiary/aromatic N) is 1. The fraction of sp³-hybridized carbons (Fsp3) is 0.750. The average Bonchev–Trinajstić information content (AvgIpc) is 1.85. The molecule has 3 heteroatoms. The Morgan fingerprint density at radius 3 is 1.73 bits per heavy atom. The molecule has 0 aromatic carbocycles. The van der Waals surface area contributed by atoms with Crippen molar-refractivity contribution < 1.29 is 9.59 Å². The van der Waals surface area contributed by atoms with Gasteiger partial charge in [-0.25, -0.2) is 0 Å². The highest BCUT2D eigenvalue weighted by atomic mass is 16.2. The minimum absolute atomic E-state index is 0.0185. The standard InChI is InChI=1S/C8H15NO2/c1-5-6(2)9(7(3)10)8(4)11/h6H,5H2,1-4H3. The van der Waals surface area contributed by atoms with Crippen LogP contribution in [0.2, 0.25) is 0 Å². The predicted molar refractivity (Wildman–Crippen MR) is 43.0 cm³/mol. The Kier molecular flexibility index (Phi) is 3.79. The molecule has 64 valence electrons. The van der Waals surface area contributed by atoms with Crippen molar-refractivity contribution in [3.63, 3.8) is 0 Å². The first-order chi connectivity index (χ1) is 5.00. The molecule has 0 fully saturated rings. The molecule has 0 aliphatic heterocycles. The smallest absolute Gasteiger partial charge is 0.226 e. The van der Waals surface area contributed by atoms with Crippen LogP contribution in [0.4, 0.5) is 0 Å². The first kappa shape index (κ1) is 10.1. The highest BCUT2D eigenvalue weighted by Crippen LogP contribution is 2.03. The molecular formula is C8H15NO2. The van der Waals surface area contributed by atoms with Gasteiger partial charge in [0.2, 0.25) is 11.8 Å². The zero-order chi connectivity index (χ0) is 9.02. The molecule has 11 heavy (non-hydrogen) atoms. The fourth-order valence-electron chi connectivity index (χ4n) is 1.03. The third-order valence-electron chi connectivity index (χ3n) is 1.71. The van der Waals surface area contributed by atoms with Crippen LogP contribution in [0.3, 0.4) is 0 Å². The Morgan fingerprint density at radius 2 is 1.64 bits per heavy atom. The van der Waals surface area contributed by atoms with E-state index in [4.69, 9.17) is 0 Å². The SMILES string of the molecule is CCC(C)N(C(C)=O)C(C)=O. The highest BCUT2D eigenvalue weighted by Gasteiger charge is 2.18. The Balaban J connectivity index is 4.34. The Labute approximate surface area is 67.4 Å². The van der Waals surface area contributed by atoms with E-state index < -0.39 is 0 Å². The van der Waals surface area contributed by atoms with Crippen molar-refractivity contribution in [2.75, 3.05) is 0 Å². The Bertz CT molecular complexity index is 151. The van der Waals surface area contributed by atoms with E-state index in [1.807, 2.05) is 13.8 Å². The van der Waals surface area contributed by atoms with E-state index in [2.05, 4.69) is 0 Å². The molecule has 1 unspecified atom stereocenters. The van der Waals surface area contributed by atoms with Gasteiger partial charge < -0.3 is 0 Å². The normalized spacial score (nSPS) is 12.4. The van der Waals surface area contributed by atoms with Gasteiger partial charge >= 0.3 is 0 Å². The van der Waals surface area contributed by atoms with Crippen LogP contribution < -0.4 is 0 Å². The van der Waals surface area contributed by atoms with Crippen molar-refractivity contribution in [2.45, 2.75) is 40.2 Å². The molecule has 0 rings (SSSR count). The first-order valence-corrected chi connectivity index (χ1v) is 3.81. The predicted octanol–water partition coefficient (Wildman–Crippen LogP) is 1.18. The minimum Gasteiger partial charge on any atom is -0.280 e. The number of rotatable bonds is 2. The number of hydrogen-bond acceptors (Lipinski definition) is 2. The summed E-state index contributed by atoms with van der Waals surface area (Å²) in [6.45, 7) is 6.63. The third kappa shape index (κ3) is 2.70. The maximum atomic E-state index is 10.9. The second-order valence-corrected chi connectivity index (χ2v) is 2.67. The van der Waals surface area contributed by atoms with Crippen molar-refractivity contribution in [3.05, 3.63) is 0 Å². The summed E-state index contributed by atoms with van der Waals surface area (Å²) >= 11 is 0. The largest absolute Gasteiger partial charge is 0.280 e. The second kappa shape index (κ2) is 4.11. The number of amides is 2. The van der Waals surface area contributed by atoms with Crippen LogP contribution in [0, 0.1) is 0 Å². The molecule has 3 nitrogen and oxygen atoms in total. The molecule has 2 amide bonds. The lowest BCUT2D eigenvalue weighted by Gasteiger charge is -2.23. The Hall–Kier alpha value is -0.860. The fourth-order valence-corrected chi connectivity index (χ4v) is 1.03. The van der Waals surface area contributed by atoms with Crippen LogP contribution in [-0.4, -0.2) is 22.8 Å². The number of imide groups is 1. The van der Waals surface area contributed by atoms with Gasteiger partial charge in [0.05, 0.1) is 0 Å². The van der Waals surface area contributed by atoms with Crippen molar-refractivity contribution in [3.8, 4) is 0 Å². The summed E-state index contributed by atoms with van der Waals surface area (Å²) in [7, 11) is 0. The molecule has 0 spiro atoms. The topological polar surface area (TPSA) is 37.4 Å². The van der Waals surface area contributed by atoms with Gasteiger partial charge in [0.15, 0.2) is 0 Å². The van der Waals surface area contributed by atoms with Crippen molar-refractivity contribution in [1.29, 1.82) is 0 Å². The van der Waals surface area contributed by atoms with Crippen LogP contribution in [0.5, 0.6) is 0 Å². The monoisotopic (exact) mass is 157 g/mol. The zero-order valence-corrected chi connectivity index (χ0v) is 7.55. The molecule has 0 radical (unpaired) electrons. The average molecular weight is 157 g/mol. The highest BCUT2D eigenvalue weighted by molar-refractivity contribution is 5.93. The number of carbonyl (C=O) groups is 2. The van der Waals surface area contributed by atoms with E-state index in [1.54, 1.807) is 0 Å². The van der Waals surface area contributed by atoms with Gasteiger partial charge in [0.1, 0.15) is 0 Å². The van der Waals surface area contributed by atoms with Crippen molar-refractivity contribution >= 4 is 11.8 Å². The molecule has 0 aliphatic rings. The van der Waals surface area contributed by atoms with Gasteiger partial charge in [-0.3, -0.25) is 14.5 Å². The van der Waals surface area contributed by atoms with Crippen molar-refractivity contribution in [1.82, 2.24) is 4.90 Å². The van der Waals surface area contributed by atoms with Gasteiger partial charge in [-0.05, 0) is 13.3 Å². The lowest BCUT2D eigenvalue weighted by molar-refractivity contribution is -0.144. The quantitative estimate of drug-likeness (QED) is 0.603. The summed E-state index contributed by atoms with van der Waals surface area (Å²) in [4.78, 5) is 23.1. The van der Waals surface area contributed by atoms with E-state index in [-0.39, 0.29) is 17.9 Å². The molecular weight excluding hydrogens is 142 g/mol. The molecule has 0 heterocycles. The van der Waals surface area contributed by atoms with Gasteiger partial charge in [-0.2, -0.15) is 0 Å². The lowest BCUT2D eigenvalue weighted by atomic mass is 10.2. The molecule has 1 atom stereocenters. The second-order valence-electron chi connectivity index (χ2n) is 2.67. The van der Waals surface area contributed by atoms with E-state index in [1.165, 1.54) is 18.7 Å². The lowest BCUT2D eigenvalue weighted by Crippen LogP contribution is -2.40.